The van der Waals surface area contributed by atoms with E-state index in [1.807, 2.05) is 0 Å². The number of hydrogen-bond donors (Lipinski definition) is 1. The average Bonchev–Trinajstić information content (AvgIpc) is 2.32. The van der Waals surface area contributed by atoms with Gasteiger partial charge in [-0.1, -0.05) is 11.6 Å². The summed E-state index contributed by atoms with van der Waals surface area (Å²) in [5, 5.41) is -0.0806. The Bertz CT molecular complexity index is 480. The molecule has 2 rings (SSSR count). The summed E-state index contributed by atoms with van der Waals surface area (Å²) in [5.41, 5.74) is -0.486. The van der Waals surface area contributed by atoms with Crippen LogP contribution in [-0.4, -0.2) is 29.2 Å². The predicted molar refractivity (Wildman–Crippen MR) is 60.9 cm³/mol. The summed E-state index contributed by atoms with van der Waals surface area (Å²) in [6.07, 6.45) is -2.97. The fraction of sp³-hybridized carbons (Fsp3) is 0.600. The van der Waals surface area contributed by atoms with E-state index in [2.05, 4.69) is 9.97 Å². The van der Waals surface area contributed by atoms with Gasteiger partial charge in [-0.15, -0.1) is 0 Å². The first-order valence-electron chi connectivity index (χ1n) is 5.44. The van der Waals surface area contributed by atoms with Crippen molar-refractivity contribution in [1.29, 1.82) is 0 Å². The van der Waals surface area contributed by atoms with E-state index in [1.165, 1.54) is 6.33 Å². The van der Waals surface area contributed by atoms with Crippen LogP contribution < -0.4 is 10.5 Å². The molecule has 0 saturated carbocycles. The summed E-state index contributed by atoms with van der Waals surface area (Å²) in [6.45, 7) is 0.390. The maximum atomic E-state index is 12.5. The minimum absolute atomic E-state index is 0.00565. The third-order valence-electron chi connectivity index (χ3n) is 3.04. The van der Waals surface area contributed by atoms with Crippen LogP contribution in [0, 0.1) is 5.92 Å². The zero-order valence-electron chi connectivity index (χ0n) is 9.30. The molecule has 8 heteroatoms. The van der Waals surface area contributed by atoms with E-state index in [0.717, 1.165) is 0 Å². The molecule has 1 aromatic heterocycles. The number of nitrogens with one attached hydrogen (secondary N) is 1. The molecule has 2 heterocycles. The fourth-order valence-electron chi connectivity index (χ4n) is 2.01. The molecular weight excluding hydrogens is 271 g/mol. The quantitative estimate of drug-likeness (QED) is 0.858. The Morgan fingerprint density at radius 3 is 2.56 bits per heavy atom. The topological polar surface area (TPSA) is 49.0 Å². The fourth-order valence-corrected chi connectivity index (χ4v) is 2.24. The van der Waals surface area contributed by atoms with Crippen molar-refractivity contribution in [3.63, 3.8) is 0 Å². The van der Waals surface area contributed by atoms with Crippen LogP contribution in [0.3, 0.4) is 0 Å². The van der Waals surface area contributed by atoms with Gasteiger partial charge in [0.25, 0.3) is 5.56 Å². The minimum Gasteiger partial charge on any atom is -0.355 e. The molecule has 1 N–H and O–H groups in total. The number of anilines is 1. The van der Waals surface area contributed by atoms with E-state index >= 15 is 0 Å². The number of hydrogen-bond acceptors (Lipinski definition) is 3. The lowest BCUT2D eigenvalue weighted by Crippen LogP contribution is -2.40. The highest BCUT2D eigenvalue weighted by molar-refractivity contribution is 6.32. The molecule has 1 aromatic rings. The predicted octanol–water partition coefficient (Wildman–Crippen LogP) is 2.20. The van der Waals surface area contributed by atoms with Gasteiger partial charge >= 0.3 is 6.18 Å². The highest BCUT2D eigenvalue weighted by Crippen LogP contribution is 2.35. The first kappa shape index (κ1) is 13.2. The number of aromatic amines is 1. The molecule has 0 spiro atoms. The van der Waals surface area contributed by atoms with Gasteiger partial charge in [-0.2, -0.15) is 13.2 Å². The summed E-state index contributed by atoms with van der Waals surface area (Å²) in [6, 6.07) is 0. The number of H-pyrrole nitrogens is 1. The van der Waals surface area contributed by atoms with Gasteiger partial charge in [0.15, 0.2) is 5.82 Å². The number of aromatic nitrogens is 2. The number of halogens is 4. The van der Waals surface area contributed by atoms with Crippen molar-refractivity contribution in [3.8, 4) is 0 Å². The van der Waals surface area contributed by atoms with Crippen LogP contribution in [-0.2, 0) is 0 Å². The van der Waals surface area contributed by atoms with Crippen LogP contribution in [0.2, 0.25) is 5.02 Å². The van der Waals surface area contributed by atoms with E-state index < -0.39 is 17.7 Å². The third-order valence-corrected chi connectivity index (χ3v) is 3.38. The van der Waals surface area contributed by atoms with Crippen LogP contribution in [0.25, 0.3) is 0 Å². The number of nitrogens with zero attached hydrogens (tertiary/aromatic N) is 2. The molecule has 100 valence electrons. The Hall–Kier alpha value is -1.24. The maximum Gasteiger partial charge on any atom is 0.391 e. The monoisotopic (exact) mass is 281 g/mol. The van der Waals surface area contributed by atoms with Crippen molar-refractivity contribution in [2.45, 2.75) is 19.0 Å². The van der Waals surface area contributed by atoms with Gasteiger partial charge in [-0.25, -0.2) is 4.98 Å². The SMILES string of the molecule is O=c1[nH]cnc(N2CCC(C(F)(F)F)CC2)c1Cl. The Labute approximate surface area is 106 Å². The second kappa shape index (κ2) is 4.79. The zero-order valence-corrected chi connectivity index (χ0v) is 10.1. The molecule has 1 aliphatic rings. The molecule has 0 radical (unpaired) electrons. The zero-order chi connectivity index (χ0) is 13.3. The lowest BCUT2D eigenvalue weighted by molar-refractivity contribution is -0.179. The molecule has 0 aliphatic carbocycles. The van der Waals surface area contributed by atoms with Crippen molar-refractivity contribution < 1.29 is 13.2 Å². The molecule has 18 heavy (non-hydrogen) atoms. The Morgan fingerprint density at radius 1 is 1.39 bits per heavy atom. The van der Waals surface area contributed by atoms with Crippen LogP contribution in [0.1, 0.15) is 12.8 Å². The van der Waals surface area contributed by atoms with Crippen LogP contribution in [0.4, 0.5) is 19.0 Å². The molecule has 0 unspecified atom stereocenters. The largest absolute Gasteiger partial charge is 0.391 e. The van der Waals surface area contributed by atoms with Gasteiger partial charge in [-0.05, 0) is 12.8 Å². The minimum atomic E-state index is -4.16. The lowest BCUT2D eigenvalue weighted by atomic mass is 9.96. The van der Waals surface area contributed by atoms with Crippen molar-refractivity contribution in [2.75, 3.05) is 18.0 Å². The molecular formula is C10H11ClF3N3O. The van der Waals surface area contributed by atoms with Crippen molar-refractivity contribution in [1.82, 2.24) is 9.97 Å². The molecule has 0 atom stereocenters. The summed E-state index contributed by atoms with van der Waals surface area (Å²) in [7, 11) is 0. The highest BCUT2D eigenvalue weighted by atomic mass is 35.5. The third kappa shape index (κ3) is 2.60. The van der Waals surface area contributed by atoms with Crippen molar-refractivity contribution in [3.05, 3.63) is 21.7 Å². The van der Waals surface area contributed by atoms with Gasteiger partial charge in [-0.3, -0.25) is 4.79 Å². The van der Waals surface area contributed by atoms with E-state index in [-0.39, 0.29) is 36.8 Å². The smallest absolute Gasteiger partial charge is 0.355 e. The standard InChI is InChI=1S/C10H11ClF3N3O/c11-7-8(15-5-16-9(7)18)17-3-1-6(2-4-17)10(12,13)14/h5-6H,1-4H2,(H,15,16,18). The summed E-state index contributed by atoms with van der Waals surface area (Å²) < 4.78 is 37.5. The Balaban J connectivity index is 2.11. The molecule has 0 bridgehead atoms. The summed E-state index contributed by atoms with van der Waals surface area (Å²) in [4.78, 5) is 19.1. The normalized spacial score (nSPS) is 18.1. The van der Waals surface area contributed by atoms with E-state index in [9.17, 15) is 18.0 Å². The first-order valence-corrected chi connectivity index (χ1v) is 5.82. The molecule has 1 aliphatic heterocycles. The first-order chi connectivity index (χ1) is 8.39. The molecule has 1 fully saturated rings. The average molecular weight is 282 g/mol. The van der Waals surface area contributed by atoms with Crippen LogP contribution in [0.15, 0.2) is 11.1 Å². The number of piperidine rings is 1. The summed E-state index contributed by atoms with van der Waals surface area (Å²) in [5.74, 6) is -1.03. The summed E-state index contributed by atoms with van der Waals surface area (Å²) >= 11 is 5.78. The molecule has 0 amide bonds. The Kier molecular flexibility index (Phi) is 3.52. The molecule has 4 nitrogen and oxygen atoms in total. The van der Waals surface area contributed by atoms with E-state index in [0.29, 0.717) is 0 Å². The van der Waals surface area contributed by atoms with Crippen LogP contribution >= 0.6 is 11.6 Å². The van der Waals surface area contributed by atoms with Gasteiger partial charge in [0.2, 0.25) is 0 Å². The molecule has 0 aromatic carbocycles. The van der Waals surface area contributed by atoms with Crippen LogP contribution in [0.5, 0.6) is 0 Å². The van der Waals surface area contributed by atoms with E-state index in [1.54, 1.807) is 4.90 Å². The lowest BCUT2D eigenvalue weighted by Gasteiger charge is -2.33. The number of alkyl halides is 3. The van der Waals surface area contributed by atoms with Gasteiger partial charge in [0.05, 0.1) is 12.2 Å². The van der Waals surface area contributed by atoms with Crippen molar-refractivity contribution in [2.24, 2.45) is 5.92 Å². The Morgan fingerprint density at radius 2 is 2.00 bits per heavy atom. The van der Waals surface area contributed by atoms with Gasteiger partial charge in [0.1, 0.15) is 5.02 Å². The van der Waals surface area contributed by atoms with Gasteiger partial charge in [0, 0.05) is 13.1 Å². The second-order valence-corrected chi connectivity index (χ2v) is 4.55. The molecule has 1 saturated heterocycles. The highest BCUT2D eigenvalue weighted by Gasteiger charge is 2.41. The van der Waals surface area contributed by atoms with Crippen molar-refractivity contribution >= 4 is 17.4 Å². The van der Waals surface area contributed by atoms with Gasteiger partial charge < -0.3 is 9.88 Å². The second-order valence-electron chi connectivity index (χ2n) is 4.17. The number of rotatable bonds is 1. The maximum absolute atomic E-state index is 12.5. The van der Waals surface area contributed by atoms with E-state index in [4.69, 9.17) is 11.6 Å².